The van der Waals surface area contributed by atoms with Gasteiger partial charge in [0.25, 0.3) is 5.56 Å². The standard InChI is InChI=1S/C20H16N2OS2/c23-19-18-15-6-3-7-16(15)25-20(18)22-17(21-19)11-24-14-9-8-12-4-1-2-5-13(12)10-14/h1-2,4-5,8-10H,3,6-7,11H2,(H,21,22,23). The molecule has 5 heteroatoms. The van der Waals surface area contributed by atoms with Crippen LogP contribution >= 0.6 is 23.1 Å². The molecular weight excluding hydrogens is 348 g/mol. The van der Waals surface area contributed by atoms with Crippen LogP contribution in [0.15, 0.2) is 52.2 Å². The first-order valence-electron chi connectivity index (χ1n) is 8.43. The zero-order valence-electron chi connectivity index (χ0n) is 13.5. The highest BCUT2D eigenvalue weighted by atomic mass is 32.2. The van der Waals surface area contributed by atoms with Crippen LogP contribution in [-0.4, -0.2) is 9.97 Å². The molecule has 2 heterocycles. The molecule has 0 spiro atoms. The summed E-state index contributed by atoms with van der Waals surface area (Å²) in [6, 6.07) is 14.8. The monoisotopic (exact) mass is 364 g/mol. The zero-order chi connectivity index (χ0) is 16.8. The maximum absolute atomic E-state index is 12.5. The fourth-order valence-electron chi connectivity index (χ4n) is 3.52. The topological polar surface area (TPSA) is 45.8 Å². The molecule has 4 aromatic rings. The maximum Gasteiger partial charge on any atom is 0.259 e. The smallest absolute Gasteiger partial charge is 0.259 e. The summed E-state index contributed by atoms with van der Waals surface area (Å²) in [6.07, 6.45) is 3.28. The molecule has 1 aliphatic carbocycles. The summed E-state index contributed by atoms with van der Waals surface area (Å²) < 4.78 is 0. The number of aromatic nitrogens is 2. The van der Waals surface area contributed by atoms with Crippen molar-refractivity contribution in [1.29, 1.82) is 0 Å². The van der Waals surface area contributed by atoms with Gasteiger partial charge >= 0.3 is 0 Å². The van der Waals surface area contributed by atoms with E-state index in [-0.39, 0.29) is 5.56 Å². The zero-order valence-corrected chi connectivity index (χ0v) is 15.2. The lowest BCUT2D eigenvalue weighted by molar-refractivity contribution is 0.916. The predicted molar refractivity (Wildman–Crippen MR) is 106 cm³/mol. The molecule has 3 nitrogen and oxygen atoms in total. The summed E-state index contributed by atoms with van der Waals surface area (Å²) in [6.45, 7) is 0. The van der Waals surface area contributed by atoms with Gasteiger partial charge in [-0.1, -0.05) is 30.3 Å². The molecule has 1 N–H and O–H groups in total. The third-order valence-corrected chi connectivity index (χ3v) is 6.91. The molecule has 0 saturated heterocycles. The van der Waals surface area contributed by atoms with Gasteiger partial charge in [0.15, 0.2) is 0 Å². The highest BCUT2D eigenvalue weighted by molar-refractivity contribution is 7.98. The number of nitrogens with one attached hydrogen (secondary N) is 1. The number of fused-ring (bicyclic) bond motifs is 4. The number of hydrogen-bond acceptors (Lipinski definition) is 4. The van der Waals surface area contributed by atoms with Crippen LogP contribution in [0, 0.1) is 0 Å². The molecule has 0 bridgehead atoms. The fourth-order valence-corrected chi connectivity index (χ4v) is 5.62. The average molecular weight is 364 g/mol. The van der Waals surface area contributed by atoms with E-state index in [4.69, 9.17) is 4.98 Å². The van der Waals surface area contributed by atoms with E-state index < -0.39 is 0 Å². The first-order valence-corrected chi connectivity index (χ1v) is 10.2. The minimum atomic E-state index is 0.0264. The lowest BCUT2D eigenvalue weighted by Crippen LogP contribution is -2.11. The normalized spacial score (nSPS) is 13.6. The van der Waals surface area contributed by atoms with E-state index >= 15 is 0 Å². The second-order valence-electron chi connectivity index (χ2n) is 6.35. The fraction of sp³-hybridized carbons (Fsp3) is 0.200. The Bertz CT molecular complexity index is 1160. The summed E-state index contributed by atoms with van der Waals surface area (Å²) >= 11 is 3.41. The first kappa shape index (κ1) is 15.2. The van der Waals surface area contributed by atoms with Crippen molar-refractivity contribution in [2.24, 2.45) is 0 Å². The Morgan fingerprint density at radius 2 is 2.00 bits per heavy atom. The number of hydrogen-bond donors (Lipinski definition) is 1. The number of thiophene rings is 1. The van der Waals surface area contributed by atoms with Crippen molar-refractivity contribution in [1.82, 2.24) is 9.97 Å². The van der Waals surface area contributed by atoms with E-state index in [1.165, 1.54) is 26.1 Å². The number of rotatable bonds is 3. The second kappa shape index (κ2) is 6.00. The number of nitrogens with zero attached hydrogens (tertiary/aromatic N) is 1. The van der Waals surface area contributed by atoms with Crippen molar-refractivity contribution in [2.45, 2.75) is 29.9 Å². The van der Waals surface area contributed by atoms with E-state index in [0.717, 1.165) is 35.3 Å². The molecule has 2 aromatic carbocycles. The highest BCUT2D eigenvalue weighted by Crippen LogP contribution is 2.35. The van der Waals surface area contributed by atoms with Gasteiger partial charge in [-0.25, -0.2) is 4.98 Å². The van der Waals surface area contributed by atoms with E-state index in [9.17, 15) is 4.79 Å². The van der Waals surface area contributed by atoms with Crippen LogP contribution in [0.4, 0.5) is 0 Å². The number of aromatic amines is 1. The SMILES string of the molecule is O=c1[nH]c(CSc2ccc3ccccc3c2)nc2sc3c(c12)CCC3. The van der Waals surface area contributed by atoms with Gasteiger partial charge in [0.2, 0.25) is 0 Å². The van der Waals surface area contributed by atoms with Crippen LogP contribution in [-0.2, 0) is 18.6 Å². The molecule has 0 fully saturated rings. The van der Waals surface area contributed by atoms with Crippen LogP contribution in [0.5, 0.6) is 0 Å². The van der Waals surface area contributed by atoms with Gasteiger partial charge in [-0.3, -0.25) is 4.79 Å². The summed E-state index contributed by atoms with van der Waals surface area (Å²) in [7, 11) is 0. The third-order valence-electron chi connectivity index (χ3n) is 4.72. The van der Waals surface area contributed by atoms with Crippen LogP contribution in [0.1, 0.15) is 22.7 Å². The van der Waals surface area contributed by atoms with Crippen LogP contribution < -0.4 is 5.56 Å². The molecule has 0 radical (unpaired) electrons. The molecule has 0 aliphatic heterocycles. The van der Waals surface area contributed by atoms with Gasteiger partial charge in [0.05, 0.1) is 11.1 Å². The Balaban J connectivity index is 1.44. The summed E-state index contributed by atoms with van der Waals surface area (Å²) in [5.41, 5.74) is 1.26. The quantitative estimate of drug-likeness (QED) is 0.525. The molecule has 124 valence electrons. The van der Waals surface area contributed by atoms with E-state index in [1.807, 2.05) is 0 Å². The molecule has 25 heavy (non-hydrogen) atoms. The first-order chi connectivity index (χ1) is 12.3. The lowest BCUT2D eigenvalue weighted by Gasteiger charge is -2.04. The van der Waals surface area contributed by atoms with E-state index in [0.29, 0.717) is 5.75 Å². The van der Waals surface area contributed by atoms with E-state index in [2.05, 4.69) is 47.4 Å². The minimum absolute atomic E-state index is 0.0264. The summed E-state index contributed by atoms with van der Waals surface area (Å²) in [4.78, 5) is 23.7. The Hall–Kier alpha value is -2.11. The molecule has 5 rings (SSSR count). The molecule has 1 aliphatic rings. The number of thioether (sulfide) groups is 1. The van der Waals surface area contributed by atoms with Gasteiger partial charge < -0.3 is 4.98 Å². The number of aryl methyl sites for hydroxylation is 2. The van der Waals surface area contributed by atoms with Crippen LogP contribution in [0.25, 0.3) is 21.0 Å². The van der Waals surface area contributed by atoms with Crippen molar-refractivity contribution in [3.8, 4) is 0 Å². The predicted octanol–water partition coefficient (Wildman–Crippen LogP) is 4.92. The van der Waals surface area contributed by atoms with Crippen molar-refractivity contribution < 1.29 is 0 Å². The van der Waals surface area contributed by atoms with Crippen LogP contribution in [0.2, 0.25) is 0 Å². The largest absolute Gasteiger partial charge is 0.309 e. The van der Waals surface area contributed by atoms with Gasteiger partial charge in [-0.15, -0.1) is 23.1 Å². The van der Waals surface area contributed by atoms with Gasteiger partial charge in [-0.05, 0) is 47.7 Å². The van der Waals surface area contributed by atoms with Crippen molar-refractivity contribution in [3.63, 3.8) is 0 Å². The molecular formula is C20H16N2OS2. The van der Waals surface area contributed by atoms with Gasteiger partial charge in [0.1, 0.15) is 10.7 Å². The second-order valence-corrected chi connectivity index (χ2v) is 8.48. The highest BCUT2D eigenvalue weighted by Gasteiger charge is 2.21. The Morgan fingerprint density at radius 3 is 2.92 bits per heavy atom. The molecule has 0 atom stereocenters. The Kier molecular flexibility index (Phi) is 3.64. The van der Waals surface area contributed by atoms with E-state index in [1.54, 1.807) is 23.1 Å². The Labute approximate surface area is 153 Å². The van der Waals surface area contributed by atoms with Crippen LogP contribution in [0.3, 0.4) is 0 Å². The number of benzene rings is 2. The van der Waals surface area contributed by atoms with Crippen molar-refractivity contribution in [2.75, 3.05) is 0 Å². The molecule has 0 unspecified atom stereocenters. The molecule has 2 aromatic heterocycles. The summed E-state index contributed by atoms with van der Waals surface area (Å²) in [5, 5.41) is 3.31. The Morgan fingerprint density at radius 1 is 1.12 bits per heavy atom. The third kappa shape index (κ3) is 2.68. The van der Waals surface area contributed by atoms with Crippen molar-refractivity contribution in [3.05, 3.63) is 69.1 Å². The molecule has 0 saturated carbocycles. The molecule has 0 amide bonds. The maximum atomic E-state index is 12.5. The van der Waals surface area contributed by atoms with Gasteiger partial charge in [0, 0.05) is 9.77 Å². The van der Waals surface area contributed by atoms with Crippen molar-refractivity contribution >= 4 is 44.1 Å². The average Bonchev–Trinajstić information content (AvgIpc) is 3.20. The summed E-state index contributed by atoms with van der Waals surface area (Å²) in [5.74, 6) is 1.43. The number of H-pyrrole nitrogens is 1. The minimum Gasteiger partial charge on any atom is -0.309 e. The van der Waals surface area contributed by atoms with Gasteiger partial charge in [-0.2, -0.15) is 0 Å². The lowest BCUT2D eigenvalue weighted by atomic mass is 10.1.